The predicted molar refractivity (Wildman–Crippen MR) is 113 cm³/mol. The summed E-state index contributed by atoms with van der Waals surface area (Å²) in [5, 5.41) is 9.82. The molecule has 0 spiro atoms. The van der Waals surface area contributed by atoms with Crippen molar-refractivity contribution in [3.8, 4) is 6.07 Å². The number of aromatic nitrogens is 2. The van der Waals surface area contributed by atoms with Crippen LogP contribution in [0, 0.1) is 17.2 Å². The second kappa shape index (κ2) is 9.66. The van der Waals surface area contributed by atoms with Crippen LogP contribution >= 0.6 is 0 Å². The van der Waals surface area contributed by atoms with Gasteiger partial charge in [0.2, 0.25) is 0 Å². The summed E-state index contributed by atoms with van der Waals surface area (Å²) in [6, 6.07) is 9.66. The van der Waals surface area contributed by atoms with Gasteiger partial charge in [-0.1, -0.05) is 38.8 Å². The maximum absolute atomic E-state index is 12.8. The molecule has 0 radical (unpaired) electrons. The first kappa shape index (κ1) is 21.0. The van der Waals surface area contributed by atoms with Crippen LogP contribution in [0.2, 0.25) is 0 Å². The van der Waals surface area contributed by atoms with E-state index in [2.05, 4.69) is 41.7 Å². The Morgan fingerprint density at radius 3 is 2.34 bits per heavy atom. The lowest BCUT2D eigenvalue weighted by molar-refractivity contribution is -0.145. The minimum absolute atomic E-state index is 0.304. The molecule has 0 aliphatic carbocycles. The van der Waals surface area contributed by atoms with Gasteiger partial charge < -0.3 is 14.5 Å². The topological polar surface area (TPSA) is 82.3 Å². The van der Waals surface area contributed by atoms with Crippen molar-refractivity contribution in [2.45, 2.75) is 32.6 Å². The maximum Gasteiger partial charge on any atom is 0.329 e. The SMILES string of the molecule is CCC(CC)COC(=O)[C@@H](C#N)c1nc2ccccc2nc1N1CCN(C)CC1. The average Bonchev–Trinajstić information content (AvgIpc) is 2.75. The van der Waals surface area contributed by atoms with E-state index in [9.17, 15) is 10.1 Å². The Kier molecular flexibility index (Phi) is 6.99. The lowest BCUT2D eigenvalue weighted by Gasteiger charge is -2.34. The molecule has 1 aromatic carbocycles. The van der Waals surface area contributed by atoms with Crippen LogP contribution in [0.15, 0.2) is 24.3 Å². The molecule has 0 unspecified atom stereocenters. The monoisotopic (exact) mass is 395 g/mol. The summed E-state index contributed by atoms with van der Waals surface area (Å²) in [7, 11) is 2.08. The predicted octanol–water partition coefficient (Wildman–Crippen LogP) is 2.97. The average molecular weight is 396 g/mol. The van der Waals surface area contributed by atoms with E-state index in [4.69, 9.17) is 9.72 Å². The first-order chi connectivity index (χ1) is 14.1. The molecule has 0 N–H and O–H groups in total. The van der Waals surface area contributed by atoms with Gasteiger partial charge in [-0.15, -0.1) is 0 Å². The molecule has 2 aromatic rings. The van der Waals surface area contributed by atoms with Gasteiger partial charge in [0.25, 0.3) is 0 Å². The number of nitriles is 1. The van der Waals surface area contributed by atoms with Crippen molar-refractivity contribution in [1.29, 1.82) is 5.26 Å². The number of hydrogen-bond donors (Lipinski definition) is 0. The second-order valence-corrected chi connectivity index (χ2v) is 7.59. The number of benzene rings is 1. The van der Waals surface area contributed by atoms with Gasteiger partial charge in [0.1, 0.15) is 5.69 Å². The Bertz CT molecular complexity index is 882. The summed E-state index contributed by atoms with van der Waals surface area (Å²) in [5.41, 5.74) is 1.82. The first-order valence-corrected chi connectivity index (χ1v) is 10.3. The molecule has 1 aromatic heterocycles. The molecule has 0 bridgehead atoms. The highest BCUT2D eigenvalue weighted by atomic mass is 16.5. The molecule has 1 aliphatic heterocycles. The maximum atomic E-state index is 12.8. The number of esters is 1. The molecular formula is C22H29N5O2. The molecule has 1 saturated heterocycles. The summed E-state index contributed by atoms with van der Waals surface area (Å²) in [6.45, 7) is 7.81. The van der Waals surface area contributed by atoms with Crippen molar-refractivity contribution in [2.75, 3.05) is 44.7 Å². The Morgan fingerprint density at radius 2 is 1.76 bits per heavy atom. The zero-order chi connectivity index (χ0) is 20.8. The van der Waals surface area contributed by atoms with Crippen LogP contribution in [0.5, 0.6) is 0 Å². The number of rotatable bonds is 7. The van der Waals surface area contributed by atoms with Crippen LogP contribution in [0.3, 0.4) is 0 Å². The Hall–Kier alpha value is -2.72. The van der Waals surface area contributed by atoms with Crippen LogP contribution in [-0.2, 0) is 9.53 Å². The summed E-state index contributed by atoms with van der Waals surface area (Å²) >= 11 is 0. The number of para-hydroxylation sites is 2. The Balaban J connectivity index is 1.95. The van der Waals surface area contributed by atoms with Crippen LogP contribution < -0.4 is 4.90 Å². The lowest BCUT2D eigenvalue weighted by atomic mass is 10.0. The van der Waals surface area contributed by atoms with Gasteiger partial charge in [-0.3, -0.25) is 4.79 Å². The molecule has 0 amide bonds. The number of piperazine rings is 1. The molecule has 0 saturated carbocycles. The van der Waals surface area contributed by atoms with Crippen LogP contribution in [-0.4, -0.2) is 60.7 Å². The summed E-state index contributed by atoms with van der Waals surface area (Å²) < 4.78 is 5.51. The van der Waals surface area contributed by atoms with Gasteiger partial charge in [-0.05, 0) is 25.1 Å². The van der Waals surface area contributed by atoms with E-state index in [-0.39, 0.29) is 0 Å². The molecule has 29 heavy (non-hydrogen) atoms. The minimum Gasteiger partial charge on any atom is -0.464 e. The minimum atomic E-state index is -1.09. The quantitative estimate of drug-likeness (QED) is 0.667. The van der Waals surface area contributed by atoms with Crippen molar-refractivity contribution < 1.29 is 9.53 Å². The summed E-state index contributed by atoms with van der Waals surface area (Å²) in [5.74, 6) is -0.712. The summed E-state index contributed by atoms with van der Waals surface area (Å²) in [4.78, 5) is 26.6. The van der Waals surface area contributed by atoms with Crippen molar-refractivity contribution >= 4 is 22.8 Å². The van der Waals surface area contributed by atoms with E-state index in [1.165, 1.54) is 0 Å². The zero-order valence-corrected chi connectivity index (χ0v) is 17.5. The van der Waals surface area contributed by atoms with Gasteiger partial charge in [-0.2, -0.15) is 5.26 Å². The normalized spacial score (nSPS) is 16.0. The highest BCUT2D eigenvalue weighted by Crippen LogP contribution is 2.28. The molecule has 1 atom stereocenters. The number of anilines is 1. The van der Waals surface area contributed by atoms with Gasteiger partial charge in [0.15, 0.2) is 11.7 Å². The van der Waals surface area contributed by atoms with Gasteiger partial charge in [0, 0.05) is 26.2 Å². The van der Waals surface area contributed by atoms with Crippen molar-refractivity contribution in [2.24, 2.45) is 5.92 Å². The van der Waals surface area contributed by atoms with Gasteiger partial charge >= 0.3 is 5.97 Å². The number of fused-ring (bicyclic) bond motifs is 1. The number of carbonyl (C=O) groups is 1. The zero-order valence-electron chi connectivity index (χ0n) is 17.5. The number of nitrogens with zero attached hydrogens (tertiary/aromatic N) is 5. The number of carbonyl (C=O) groups excluding carboxylic acids is 1. The van der Waals surface area contributed by atoms with E-state index in [1.807, 2.05) is 24.3 Å². The van der Waals surface area contributed by atoms with E-state index >= 15 is 0 Å². The first-order valence-electron chi connectivity index (χ1n) is 10.3. The van der Waals surface area contributed by atoms with E-state index in [0.29, 0.717) is 29.6 Å². The highest BCUT2D eigenvalue weighted by Gasteiger charge is 2.31. The number of likely N-dealkylation sites (N-methyl/N-ethyl adjacent to an activating group) is 1. The van der Waals surface area contributed by atoms with Crippen molar-refractivity contribution in [3.05, 3.63) is 30.0 Å². The van der Waals surface area contributed by atoms with Gasteiger partial charge in [-0.25, -0.2) is 9.97 Å². The lowest BCUT2D eigenvalue weighted by Crippen LogP contribution is -2.45. The fourth-order valence-electron chi connectivity index (χ4n) is 3.48. The Morgan fingerprint density at radius 1 is 1.14 bits per heavy atom. The van der Waals surface area contributed by atoms with Gasteiger partial charge in [0.05, 0.1) is 23.7 Å². The van der Waals surface area contributed by atoms with Crippen molar-refractivity contribution in [1.82, 2.24) is 14.9 Å². The third-order valence-corrected chi connectivity index (χ3v) is 5.64. The third kappa shape index (κ3) is 4.83. The van der Waals surface area contributed by atoms with Crippen LogP contribution in [0.4, 0.5) is 5.82 Å². The third-order valence-electron chi connectivity index (χ3n) is 5.64. The molecular weight excluding hydrogens is 366 g/mol. The molecule has 154 valence electrons. The second-order valence-electron chi connectivity index (χ2n) is 7.59. The highest BCUT2D eigenvalue weighted by molar-refractivity contribution is 5.85. The molecule has 1 aliphatic rings. The molecule has 2 heterocycles. The van der Waals surface area contributed by atoms with E-state index in [0.717, 1.165) is 44.5 Å². The van der Waals surface area contributed by atoms with Crippen LogP contribution in [0.1, 0.15) is 38.3 Å². The smallest absolute Gasteiger partial charge is 0.329 e. The van der Waals surface area contributed by atoms with Crippen LogP contribution in [0.25, 0.3) is 11.0 Å². The summed E-state index contributed by atoms with van der Waals surface area (Å²) in [6.07, 6.45) is 1.87. The number of hydrogen-bond acceptors (Lipinski definition) is 7. The fourth-order valence-corrected chi connectivity index (χ4v) is 3.48. The number of ether oxygens (including phenoxy) is 1. The molecule has 3 rings (SSSR count). The molecule has 7 nitrogen and oxygen atoms in total. The Labute approximate surface area is 172 Å². The van der Waals surface area contributed by atoms with Crippen molar-refractivity contribution in [3.63, 3.8) is 0 Å². The van der Waals surface area contributed by atoms with E-state index < -0.39 is 11.9 Å². The molecule has 1 fully saturated rings. The van der Waals surface area contributed by atoms with E-state index in [1.54, 1.807) is 0 Å². The molecule has 7 heteroatoms. The largest absolute Gasteiger partial charge is 0.464 e. The fraction of sp³-hybridized carbons (Fsp3) is 0.545. The standard InChI is InChI=1S/C22H29N5O2/c1-4-16(5-2)15-29-22(28)17(14-23)20-21(27-12-10-26(3)11-13-27)25-19-9-7-6-8-18(19)24-20/h6-9,16-17H,4-5,10-13,15H2,1-3H3/t17-/m0/s1.